The summed E-state index contributed by atoms with van der Waals surface area (Å²) in [5.41, 5.74) is 17.4. The second-order valence-electron chi connectivity index (χ2n) is 18.1. The summed E-state index contributed by atoms with van der Waals surface area (Å²) in [5, 5.41) is 2.26. The third kappa shape index (κ3) is 7.71. The maximum absolute atomic E-state index is 6.21. The Morgan fingerprint density at radius 3 is 1.05 bits per heavy atom. The van der Waals surface area contributed by atoms with Crippen LogP contribution in [0.5, 0.6) is 0 Å². The van der Waals surface area contributed by atoms with E-state index in [1.165, 1.54) is 0 Å². The van der Waals surface area contributed by atoms with Crippen molar-refractivity contribution in [1.29, 1.82) is 0 Å². The molecule has 0 spiro atoms. The summed E-state index contributed by atoms with van der Waals surface area (Å²) in [7, 11) is 0. The molecule has 8 nitrogen and oxygen atoms in total. The summed E-state index contributed by atoms with van der Waals surface area (Å²) in [6.45, 7) is 0. The zero-order valence-corrected chi connectivity index (χ0v) is 39.1. The van der Waals surface area contributed by atoms with Gasteiger partial charge < -0.3 is 8.83 Å². The molecule has 0 atom stereocenters. The van der Waals surface area contributed by atoms with Crippen molar-refractivity contribution in [3.05, 3.63) is 243 Å². The molecule has 14 aromatic rings. The van der Waals surface area contributed by atoms with Crippen LogP contribution in [0.4, 0.5) is 0 Å². The van der Waals surface area contributed by atoms with Crippen LogP contribution in [-0.4, -0.2) is 29.5 Å². The van der Waals surface area contributed by atoms with Crippen LogP contribution in [0, 0.1) is 0 Å². The van der Waals surface area contributed by atoms with E-state index in [9.17, 15) is 0 Å². The summed E-state index contributed by atoms with van der Waals surface area (Å²) in [5.74, 6) is 2.92. The number of nitrogens with zero attached hydrogens (tertiary/aromatic N) is 6. The Balaban J connectivity index is 0.810. The minimum Gasteiger partial charge on any atom is -0.436 e. The highest BCUT2D eigenvalue weighted by Gasteiger charge is 2.19. The smallest absolute Gasteiger partial charge is 0.238 e. The minimum atomic E-state index is 0.543. The Kier molecular flexibility index (Phi) is 9.99. The predicted octanol–water partition coefficient (Wildman–Crippen LogP) is 16.6. The Hall–Kier alpha value is -10.1. The molecule has 342 valence electrons. The normalized spacial score (nSPS) is 11.6. The molecule has 0 saturated carbocycles. The SMILES string of the molecule is c1ccc(-c2nc3ccc(-c4ccc(-c5cccc(-c6nc(-c7cccc(-c8ccc(-c9ccc%10nc(-c%11ccccc%11)oc%10c9)cc8)c7)nc(-n7c8ccccc8c8ccccc87)n6)c5)cc4)cc3o2)cc1. The van der Waals surface area contributed by atoms with Crippen LogP contribution < -0.4 is 0 Å². The highest BCUT2D eigenvalue weighted by Crippen LogP contribution is 2.36. The number of hydrogen-bond acceptors (Lipinski definition) is 7. The first-order valence-corrected chi connectivity index (χ1v) is 24.2. The van der Waals surface area contributed by atoms with Gasteiger partial charge >= 0.3 is 0 Å². The van der Waals surface area contributed by atoms with Gasteiger partial charge in [0, 0.05) is 33.0 Å². The minimum absolute atomic E-state index is 0.543. The van der Waals surface area contributed by atoms with Crippen molar-refractivity contribution in [2.45, 2.75) is 0 Å². The number of rotatable bonds is 9. The first-order valence-electron chi connectivity index (χ1n) is 24.2. The quantitative estimate of drug-likeness (QED) is 0.142. The van der Waals surface area contributed by atoms with Crippen LogP contribution in [0.25, 0.3) is 140 Å². The first-order chi connectivity index (χ1) is 36.1. The molecule has 0 aliphatic rings. The average molecular weight is 937 g/mol. The highest BCUT2D eigenvalue weighted by molar-refractivity contribution is 6.09. The van der Waals surface area contributed by atoms with E-state index in [2.05, 4.69) is 174 Å². The van der Waals surface area contributed by atoms with E-state index in [0.717, 1.165) is 111 Å². The van der Waals surface area contributed by atoms with Gasteiger partial charge in [-0.05, 0) is 117 Å². The lowest BCUT2D eigenvalue weighted by molar-refractivity contribution is 0.619. The monoisotopic (exact) mass is 936 g/mol. The molecule has 4 aromatic heterocycles. The van der Waals surface area contributed by atoms with Gasteiger partial charge in [-0.25, -0.2) is 15.0 Å². The molecule has 10 aromatic carbocycles. The maximum atomic E-state index is 6.21. The molecule has 0 bridgehead atoms. The van der Waals surface area contributed by atoms with Crippen molar-refractivity contribution in [2.75, 3.05) is 0 Å². The fourth-order valence-electron chi connectivity index (χ4n) is 9.86. The van der Waals surface area contributed by atoms with Crippen LogP contribution in [0.1, 0.15) is 0 Å². The lowest BCUT2D eigenvalue weighted by atomic mass is 9.98. The third-order valence-corrected chi connectivity index (χ3v) is 13.6. The van der Waals surface area contributed by atoms with E-state index in [1.54, 1.807) is 0 Å². The molecule has 73 heavy (non-hydrogen) atoms. The molecule has 8 heteroatoms. The molecule has 0 radical (unpaired) electrons. The number of benzene rings is 10. The molecule has 4 heterocycles. The van der Waals surface area contributed by atoms with Crippen molar-refractivity contribution in [2.24, 2.45) is 0 Å². The Morgan fingerprint density at radius 2 is 0.616 bits per heavy atom. The largest absolute Gasteiger partial charge is 0.436 e. The number of hydrogen-bond donors (Lipinski definition) is 0. The van der Waals surface area contributed by atoms with Crippen LogP contribution in [-0.2, 0) is 0 Å². The molecule has 0 saturated heterocycles. The van der Waals surface area contributed by atoms with Crippen molar-refractivity contribution in [3.8, 4) is 96.1 Å². The van der Waals surface area contributed by atoms with Gasteiger partial charge in [-0.1, -0.05) is 170 Å². The second-order valence-corrected chi connectivity index (χ2v) is 18.1. The summed E-state index contributed by atoms with van der Waals surface area (Å²) in [6, 6.07) is 83.3. The van der Waals surface area contributed by atoms with Crippen molar-refractivity contribution < 1.29 is 8.83 Å². The molecule has 0 unspecified atom stereocenters. The standard InChI is InChI=1S/C65H40N6O2/c1-3-13-45(14-4-1)63-66-55-35-33-49(39-59(55)72-63)43-29-25-41(26-30-43)47-17-11-19-51(37-47)61-68-62(70-65(69-61)71-57-23-9-7-21-53(57)54-22-8-10-24-58(54)71)52-20-12-18-48(38-52)42-27-31-44(32-28-42)50-34-36-56-60(40-50)73-64(67-56)46-15-5-2-6-16-46/h1-40H. The average Bonchev–Trinajstić information content (AvgIpc) is 4.20. The zero-order valence-electron chi connectivity index (χ0n) is 39.1. The topological polar surface area (TPSA) is 95.7 Å². The summed E-state index contributed by atoms with van der Waals surface area (Å²) < 4.78 is 14.6. The number of aromatic nitrogens is 6. The fraction of sp³-hybridized carbons (Fsp3) is 0. The maximum Gasteiger partial charge on any atom is 0.238 e. The number of fused-ring (bicyclic) bond motifs is 5. The Bertz CT molecular complexity index is 4090. The molecular formula is C65H40N6O2. The molecule has 0 aliphatic heterocycles. The number of para-hydroxylation sites is 2. The number of oxazole rings is 2. The van der Waals surface area contributed by atoms with E-state index in [1.807, 2.05) is 72.8 Å². The lowest BCUT2D eigenvalue weighted by Gasteiger charge is -2.12. The van der Waals surface area contributed by atoms with Gasteiger partial charge in [0.1, 0.15) is 11.0 Å². The molecule has 0 aliphatic carbocycles. The second kappa shape index (κ2) is 17.4. The van der Waals surface area contributed by atoms with Crippen LogP contribution >= 0.6 is 0 Å². The van der Waals surface area contributed by atoms with E-state index >= 15 is 0 Å². The lowest BCUT2D eigenvalue weighted by Crippen LogP contribution is -2.06. The van der Waals surface area contributed by atoms with E-state index in [0.29, 0.717) is 29.4 Å². The van der Waals surface area contributed by atoms with Gasteiger partial charge in [0.2, 0.25) is 17.7 Å². The summed E-state index contributed by atoms with van der Waals surface area (Å²) in [6.07, 6.45) is 0. The first kappa shape index (κ1) is 41.9. The van der Waals surface area contributed by atoms with Crippen LogP contribution in [0.15, 0.2) is 251 Å². The molecule has 0 fully saturated rings. The Labute approximate surface area is 419 Å². The zero-order chi connectivity index (χ0) is 48.2. The van der Waals surface area contributed by atoms with E-state index < -0.39 is 0 Å². The van der Waals surface area contributed by atoms with Gasteiger partial charge in [0.05, 0.1) is 11.0 Å². The van der Waals surface area contributed by atoms with Gasteiger partial charge in [-0.3, -0.25) is 4.57 Å². The molecular weight excluding hydrogens is 897 g/mol. The van der Waals surface area contributed by atoms with Crippen molar-refractivity contribution in [1.82, 2.24) is 29.5 Å². The van der Waals surface area contributed by atoms with Gasteiger partial charge in [-0.2, -0.15) is 9.97 Å². The third-order valence-electron chi connectivity index (χ3n) is 13.6. The summed E-state index contributed by atoms with van der Waals surface area (Å²) >= 11 is 0. The van der Waals surface area contributed by atoms with Gasteiger partial charge in [0.15, 0.2) is 22.8 Å². The van der Waals surface area contributed by atoms with E-state index in [4.69, 9.17) is 33.8 Å². The Morgan fingerprint density at radius 1 is 0.260 bits per heavy atom. The van der Waals surface area contributed by atoms with Crippen molar-refractivity contribution >= 4 is 44.0 Å². The van der Waals surface area contributed by atoms with Crippen LogP contribution in [0.2, 0.25) is 0 Å². The highest BCUT2D eigenvalue weighted by atomic mass is 16.4. The van der Waals surface area contributed by atoms with Crippen LogP contribution in [0.3, 0.4) is 0 Å². The molecule has 14 rings (SSSR count). The van der Waals surface area contributed by atoms with Gasteiger partial charge in [-0.15, -0.1) is 0 Å². The fourth-order valence-corrected chi connectivity index (χ4v) is 9.86. The molecule has 0 N–H and O–H groups in total. The predicted molar refractivity (Wildman–Crippen MR) is 293 cm³/mol. The van der Waals surface area contributed by atoms with Crippen molar-refractivity contribution in [3.63, 3.8) is 0 Å². The van der Waals surface area contributed by atoms with Gasteiger partial charge in [0.25, 0.3) is 0 Å². The molecule has 0 amide bonds. The summed E-state index contributed by atoms with van der Waals surface area (Å²) in [4.78, 5) is 25.3. The van der Waals surface area contributed by atoms with E-state index in [-0.39, 0.29) is 0 Å².